The van der Waals surface area contributed by atoms with Gasteiger partial charge < -0.3 is 9.84 Å². The average molecular weight is 404 g/mol. The standard InChI is InChI=1S/C14H16Br2N2O2/c1-9-4-3-5-10(12(9)16)14(19)13-11(15)8-17-18(13)6-7-20-2/h3-5,8,14,19H,6-7H2,1-2H3. The lowest BCUT2D eigenvalue weighted by Gasteiger charge is -2.17. The largest absolute Gasteiger partial charge is 0.383 e. The number of aromatic nitrogens is 2. The van der Waals surface area contributed by atoms with Crippen LogP contribution in [0.2, 0.25) is 0 Å². The number of hydrogen-bond acceptors (Lipinski definition) is 3. The molecule has 0 aliphatic heterocycles. The lowest BCUT2D eigenvalue weighted by atomic mass is 10.0. The van der Waals surface area contributed by atoms with Crippen molar-refractivity contribution >= 4 is 31.9 Å². The van der Waals surface area contributed by atoms with Crippen LogP contribution in [0.3, 0.4) is 0 Å². The normalized spacial score (nSPS) is 12.7. The third kappa shape index (κ3) is 3.14. The molecule has 0 aliphatic rings. The molecule has 1 heterocycles. The molecule has 20 heavy (non-hydrogen) atoms. The second-order valence-electron chi connectivity index (χ2n) is 4.47. The predicted octanol–water partition coefficient (Wildman–Crippen LogP) is 3.44. The lowest BCUT2D eigenvalue weighted by Crippen LogP contribution is -2.14. The molecule has 0 bridgehead atoms. The summed E-state index contributed by atoms with van der Waals surface area (Å²) >= 11 is 6.99. The monoisotopic (exact) mass is 402 g/mol. The molecule has 0 radical (unpaired) electrons. The average Bonchev–Trinajstić information content (AvgIpc) is 2.80. The molecule has 1 N–H and O–H groups in total. The molecule has 0 saturated carbocycles. The van der Waals surface area contributed by atoms with Gasteiger partial charge in [0, 0.05) is 17.1 Å². The number of aliphatic hydroxyl groups excluding tert-OH is 1. The molecule has 2 rings (SSSR count). The van der Waals surface area contributed by atoms with Gasteiger partial charge in [-0.2, -0.15) is 5.10 Å². The Labute approximate surface area is 135 Å². The van der Waals surface area contributed by atoms with Crippen molar-refractivity contribution in [1.82, 2.24) is 9.78 Å². The van der Waals surface area contributed by atoms with Crippen LogP contribution in [0.5, 0.6) is 0 Å². The highest BCUT2D eigenvalue weighted by molar-refractivity contribution is 9.10. The molecular formula is C14H16Br2N2O2. The van der Waals surface area contributed by atoms with Crippen molar-refractivity contribution in [2.24, 2.45) is 0 Å². The van der Waals surface area contributed by atoms with Crippen molar-refractivity contribution in [2.45, 2.75) is 19.6 Å². The van der Waals surface area contributed by atoms with Crippen LogP contribution in [0.1, 0.15) is 22.9 Å². The summed E-state index contributed by atoms with van der Waals surface area (Å²) in [5.41, 5.74) is 2.64. The zero-order valence-corrected chi connectivity index (χ0v) is 14.5. The summed E-state index contributed by atoms with van der Waals surface area (Å²) < 4.78 is 8.53. The fraction of sp³-hybridized carbons (Fsp3) is 0.357. The Morgan fingerprint density at radius 2 is 2.15 bits per heavy atom. The van der Waals surface area contributed by atoms with Crippen molar-refractivity contribution in [3.8, 4) is 0 Å². The molecule has 4 nitrogen and oxygen atoms in total. The quantitative estimate of drug-likeness (QED) is 0.831. The zero-order chi connectivity index (χ0) is 14.7. The van der Waals surface area contributed by atoms with Gasteiger partial charge in [0.25, 0.3) is 0 Å². The van der Waals surface area contributed by atoms with Crippen molar-refractivity contribution < 1.29 is 9.84 Å². The van der Waals surface area contributed by atoms with Gasteiger partial charge in [-0.25, -0.2) is 0 Å². The Morgan fingerprint density at radius 1 is 1.40 bits per heavy atom. The van der Waals surface area contributed by atoms with E-state index in [4.69, 9.17) is 4.74 Å². The Balaban J connectivity index is 2.40. The maximum Gasteiger partial charge on any atom is 0.123 e. The Bertz CT molecular complexity index is 599. The minimum Gasteiger partial charge on any atom is -0.383 e. The van der Waals surface area contributed by atoms with Crippen LogP contribution in [-0.4, -0.2) is 28.6 Å². The molecular weight excluding hydrogens is 388 g/mol. The first-order valence-corrected chi connectivity index (χ1v) is 7.78. The highest BCUT2D eigenvalue weighted by Crippen LogP contribution is 2.33. The van der Waals surface area contributed by atoms with Gasteiger partial charge in [-0.15, -0.1) is 0 Å². The molecule has 0 saturated heterocycles. The first-order valence-electron chi connectivity index (χ1n) is 6.19. The minimum atomic E-state index is -0.752. The molecule has 0 fully saturated rings. The number of rotatable bonds is 5. The fourth-order valence-corrected chi connectivity index (χ4v) is 3.02. The second kappa shape index (κ2) is 6.85. The van der Waals surface area contributed by atoms with E-state index < -0.39 is 6.10 Å². The summed E-state index contributed by atoms with van der Waals surface area (Å²) in [6.45, 7) is 3.14. The van der Waals surface area contributed by atoms with Gasteiger partial charge in [-0.1, -0.05) is 34.1 Å². The molecule has 1 aromatic carbocycles. The first-order chi connectivity index (χ1) is 9.56. The minimum absolute atomic E-state index is 0.544. The molecule has 108 valence electrons. The van der Waals surface area contributed by atoms with Crippen LogP contribution < -0.4 is 0 Å². The van der Waals surface area contributed by atoms with Gasteiger partial charge in [0.15, 0.2) is 0 Å². The van der Waals surface area contributed by atoms with Crippen molar-refractivity contribution in [3.05, 3.63) is 50.2 Å². The van der Waals surface area contributed by atoms with Gasteiger partial charge in [-0.3, -0.25) is 4.68 Å². The first kappa shape index (κ1) is 15.7. The van der Waals surface area contributed by atoms with E-state index in [0.717, 1.165) is 25.8 Å². The fourth-order valence-electron chi connectivity index (χ4n) is 2.03. The maximum absolute atomic E-state index is 10.7. The van der Waals surface area contributed by atoms with Gasteiger partial charge in [0.2, 0.25) is 0 Å². The molecule has 0 aliphatic carbocycles. The second-order valence-corrected chi connectivity index (χ2v) is 6.12. The van der Waals surface area contributed by atoms with E-state index in [9.17, 15) is 5.11 Å². The highest BCUT2D eigenvalue weighted by Gasteiger charge is 2.21. The number of nitrogens with zero attached hydrogens (tertiary/aromatic N) is 2. The Morgan fingerprint density at radius 3 is 2.85 bits per heavy atom. The summed E-state index contributed by atoms with van der Waals surface area (Å²) in [5.74, 6) is 0. The van der Waals surface area contributed by atoms with E-state index in [2.05, 4.69) is 37.0 Å². The third-order valence-electron chi connectivity index (χ3n) is 3.12. The van der Waals surface area contributed by atoms with Crippen LogP contribution >= 0.6 is 31.9 Å². The molecule has 0 amide bonds. The lowest BCUT2D eigenvalue weighted by molar-refractivity contribution is 0.171. The number of methoxy groups -OCH3 is 1. The summed E-state index contributed by atoms with van der Waals surface area (Å²) in [4.78, 5) is 0. The van der Waals surface area contributed by atoms with Crippen LogP contribution in [0.4, 0.5) is 0 Å². The number of aliphatic hydroxyl groups is 1. The van der Waals surface area contributed by atoms with Crippen LogP contribution in [0, 0.1) is 6.92 Å². The smallest absolute Gasteiger partial charge is 0.123 e. The van der Waals surface area contributed by atoms with Crippen LogP contribution in [0.15, 0.2) is 33.3 Å². The third-order valence-corrected chi connectivity index (χ3v) is 4.81. The van der Waals surface area contributed by atoms with Gasteiger partial charge in [0.05, 0.1) is 29.5 Å². The van der Waals surface area contributed by atoms with Gasteiger partial charge in [0.1, 0.15) is 6.10 Å². The molecule has 2 aromatic rings. The molecule has 0 spiro atoms. The zero-order valence-electron chi connectivity index (χ0n) is 11.3. The number of ether oxygens (including phenoxy) is 1. The van der Waals surface area contributed by atoms with Gasteiger partial charge >= 0.3 is 0 Å². The molecule has 1 atom stereocenters. The van der Waals surface area contributed by atoms with Crippen molar-refractivity contribution in [1.29, 1.82) is 0 Å². The maximum atomic E-state index is 10.7. The van der Waals surface area contributed by atoms with Crippen molar-refractivity contribution in [2.75, 3.05) is 13.7 Å². The van der Waals surface area contributed by atoms with Crippen LogP contribution in [0.25, 0.3) is 0 Å². The number of halogens is 2. The van der Waals surface area contributed by atoms with E-state index in [-0.39, 0.29) is 0 Å². The summed E-state index contributed by atoms with van der Waals surface area (Å²) in [5, 5.41) is 15.0. The van der Waals surface area contributed by atoms with E-state index in [0.29, 0.717) is 13.2 Å². The van der Waals surface area contributed by atoms with E-state index in [1.54, 1.807) is 18.0 Å². The number of aryl methyl sites for hydroxylation is 1. The summed E-state index contributed by atoms with van der Waals surface area (Å²) in [6.07, 6.45) is 0.941. The topological polar surface area (TPSA) is 47.3 Å². The van der Waals surface area contributed by atoms with E-state index >= 15 is 0 Å². The summed E-state index contributed by atoms with van der Waals surface area (Å²) in [7, 11) is 1.64. The molecule has 6 heteroatoms. The number of benzene rings is 1. The molecule has 1 aromatic heterocycles. The molecule has 1 unspecified atom stereocenters. The predicted molar refractivity (Wildman–Crippen MR) is 84.7 cm³/mol. The Hall–Kier alpha value is -0.690. The van der Waals surface area contributed by atoms with E-state index in [1.165, 1.54) is 0 Å². The van der Waals surface area contributed by atoms with Gasteiger partial charge in [-0.05, 0) is 28.4 Å². The summed E-state index contributed by atoms with van der Waals surface area (Å²) in [6, 6.07) is 5.84. The number of hydrogen-bond donors (Lipinski definition) is 1. The van der Waals surface area contributed by atoms with Crippen LogP contribution in [-0.2, 0) is 11.3 Å². The Kier molecular flexibility index (Phi) is 5.37. The van der Waals surface area contributed by atoms with Crippen molar-refractivity contribution in [3.63, 3.8) is 0 Å². The highest BCUT2D eigenvalue weighted by atomic mass is 79.9. The van der Waals surface area contributed by atoms with E-state index in [1.807, 2.05) is 25.1 Å². The SMILES string of the molecule is COCCn1ncc(Br)c1C(O)c1cccc(C)c1Br.